The summed E-state index contributed by atoms with van der Waals surface area (Å²) in [6.07, 6.45) is -17.6. The van der Waals surface area contributed by atoms with Crippen molar-refractivity contribution in [2.45, 2.75) is 71.2 Å². The predicted octanol–water partition coefficient (Wildman–Crippen LogP) is -3.42. The van der Waals surface area contributed by atoms with Crippen LogP contribution in [-0.2, 0) is 34.3 Å². The maximum absolute atomic E-state index is 12.5. The van der Waals surface area contributed by atoms with E-state index < -0.39 is 94.5 Å². The van der Waals surface area contributed by atoms with Crippen molar-refractivity contribution >= 4 is 20.0 Å². The average molecular weight is 621 g/mol. The molecular formula is C24H32N2O13S2. The summed E-state index contributed by atoms with van der Waals surface area (Å²) < 4.78 is 71.1. The molecule has 0 bridgehead atoms. The highest BCUT2D eigenvalue weighted by atomic mass is 32.2. The fourth-order valence-electron chi connectivity index (χ4n) is 4.28. The largest absolute Gasteiger partial charge is 0.388 e. The zero-order valence-electron chi connectivity index (χ0n) is 21.3. The van der Waals surface area contributed by atoms with Crippen LogP contribution in [0, 0.1) is 0 Å². The number of aliphatic hydroxyl groups is 6. The van der Waals surface area contributed by atoms with Crippen LogP contribution in [0.5, 0.6) is 0 Å². The number of hydrogen-bond donors (Lipinski definition) is 8. The number of ether oxygens (including phenoxy) is 3. The van der Waals surface area contributed by atoms with E-state index in [-0.39, 0.29) is 9.79 Å². The summed E-state index contributed by atoms with van der Waals surface area (Å²) in [5.41, 5.74) is 0. The van der Waals surface area contributed by atoms with Crippen LogP contribution in [0.1, 0.15) is 0 Å². The van der Waals surface area contributed by atoms with E-state index in [1.165, 1.54) is 48.5 Å². The average Bonchev–Trinajstić information content (AvgIpc) is 2.97. The van der Waals surface area contributed by atoms with E-state index >= 15 is 0 Å². The van der Waals surface area contributed by atoms with Crippen LogP contribution in [0.4, 0.5) is 0 Å². The third kappa shape index (κ3) is 7.28. The lowest BCUT2D eigenvalue weighted by atomic mass is 9.98. The Morgan fingerprint density at radius 1 is 0.561 bits per heavy atom. The van der Waals surface area contributed by atoms with Crippen LogP contribution in [0.15, 0.2) is 70.5 Å². The molecule has 10 atom stereocenters. The molecule has 8 N–H and O–H groups in total. The maximum Gasteiger partial charge on any atom is 0.240 e. The SMILES string of the molecule is O=S(=O)(NC[C@H]1O[C@H](OC2O[C@H](CNS(=O)(=O)c3ccccc3)[C@@H](O)[C@H](O)[C@H]2O)[C@H](O)[C@@H](O)[C@@H]1O)c1ccccc1. The standard InChI is InChI=1S/C24H32N2O13S2/c27-17-15(11-25-40(33,34)13-7-3-1-4-8-13)37-23(21(31)19(17)29)39-24-22(32)20(30)18(28)16(38-24)12-26-41(35,36)14-9-5-2-6-10-14/h1-10,15-32H,11-12H2/t15-,16-,17-,18-,19+,20+,21-,22-,23-,24?/m1/s1. The van der Waals surface area contributed by atoms with Gasteiger partial charge < -0.3 is 44.8 Å². The van der Waals surface area contributed by atoms with Gasteiger partial charge in [-0.25, -0.2) is 26.3 Å². The minimum Gasteiger partial charge on any atom is -0.388 e. The van der Waals surface area contributed by atoms with E-state index in [9.17, 15) is 47.5 Å². The molecule has 0 saturated carbocycles. The number of benzene rings is 2. The van der Waals surface area contributed by atoms with Crippen molar-refractivity contribution in [1.29, 1.82) is 0 Å². The second-order valence-electron chi connectivity index (χ2n) is 9.50. The molecule has 2 aliphatic heterocycles. The van der Waals surface area contributed by atoms with Crippen molar-refractivity contribution in [1.82, 2.24) is 9.44 Å². The van der Waals surface area contributed by atoms with Gasteiger partial charge in [0.2, 0.25) is 20.0 Å². The summed E-state index contributed by atoms with van der Waals surface area (Å²) in [5, 5.41) is 62.3. The van der Waals surface area contributed by atoms with E-state index in [0.29, 0.717) is 0 Å². The first-order valence-corrected chi connectivity index (χ1v) is 15.4. The van der Waals surface area contributed by atoms with Crippen LogP contribution in [0.2, 0.25) is 0 Å². The summed E-state index contributed by atoms with van der Waals surface area (Å²) in [6.45, 7) is -1.11. The highest BCUT2D eigenvalue weighted by Crippen LogP contribution is 2.28. The zero-order valence-corrected chi connectivity index (χ0v) is 23.0. The van der Waals surface area contributed by atoms with E-state index in [0.717, 1.165) is 0 Å². The summed E-state index contributed by atoms with van der Waals surface area (Å²) >= 11 is 0. The summed E-state index contributed by atoms with van der Waals surface area (Å²) in [5.74, 6) is 0. The summed E-state index contributed by atoms with van der Waals surface area (Å²) in [4.78, 5) is -0.141. The van der Waals surface area contributed by atoms with Gasteiger partial charge in [0.05, 0.1) is 9.79 Å². The molecule has 0 radical (unpaired) electrons. The molecule has 2 aliphatic rings. The molecule has 15 nitrogen and oxygen atoms in total. The molecule has 17 heteroatoms. The minimum atomic E-state index is -4.03. The predicted molar refractivity (Wildman–Crippen MR) is 138 cm³/mol. The molecule has 0 aromatic heterocycles. The van der Waals surface area contributed by atoms with Crippen LogP contribution >= 0.6 is 0 Å². The van der Waals surface area contributed by atoms with Gasteiger partial charge in [-0.1, -0.05) is 36.4 Å². The number of rotatable bonds is 10. The Kier molecular flexibility index (Phi) is 10.1. The third-order valence-corrected chi connectivity index (χ3v) is 9.54. The Morgan fingerprint density at radius 2 is 0.902 bits per heavy atom. The fourth-order valence-corrected chi connectivity index (χ4v) is 6.41. The smallest absolute Gasteiger partial charge is 0.240 e. The van der Waals surface area contributed by atoms with Crippen molar-refractivity contribution in [3.05, 3.63) is 60.7 Å². The van der Waals surface area contributed by atoms with Gasteiger partial charge in [0.25, 0.3) is 0 Å². The van der Waals surface area contributed by atoms with Crippen molar-refractivity contribution in [2.24, 2.45) is 0 Å². The third-order valence-electron chi connectivity index (χ3n) is 6.66. The van der Waals surface area contributed by atoms with Gasteiger partial charge in [0.15, 0.2) is 12.6 Å². The molecular weight excluding hydrogens is 588 g/mol. The molecule has 0 amide bonds. The molecule has 1 unspecified atom stereocenters. The Bertz CT molecular complexity index is 1250. The lowest BCUT2D eigenvalue weighted by Crippen LogP contribution is -2.64. The van der Waals surface area contributed by atoms with E-state index in [1.807, 2.05) is 0 Å². The Labute approximate surface area is 236 Å². The van der Waals surface area contributed by atoms with Gasteiger partial charge in [-0.3, -0.25) is 0 Å². The van der Waals surface area contributed by atoms with E-state index in [1.54, 1.807) is 12.1 Å². The molecule has 2 aromatic carbocycles. The van der Waals surface area contributed by atoms with Crippen LogP contribution < -0.4 is 9.44 Å². The number of sulfonamides is 2. The van der Waals surface area contributed by atoms with E-state index in [2.05, 4.69) is 9.44 Å². The molecule has 4 rings (SSSR count). The Hall–Kier alpha value is -2.10. The topological polar surface area (TPSA) is 241 Å². The van der Waals surface area contributed by atoms with Gasteiger partial charge in [-0.2, -0.15) is 0 Å². The number of hydrogen-bond acceptors (Lipinski definition) is 13. The van der Waals surface area contributed by atoms with Crippen molar-refractivity contribution in [3.8, 4) is 0 Å². The first kappa shape index (κ1) is 31.8. The van der Waals surface area contributed by atoms with Gasteiger partial charge in [0.1, 0.15) is 48.8 Å². The second kappa shape index (κ2) is 13.0. The highest BCUT2D eigenvalue weighted by molar-refractivity contribution is 7.89. The Morgan fingerprint density at radius 3 is 1.24 bits per heavy atom. The number of aliphatic hydroxyl groups excluding tert-OH is 6. The molecule has 2 heterocycles. The molecule has 41 heavy (non-hydrogen) atoms. The first-order chi connectivity index (χ1) is 19.3. The molecule has 0 spiro atoms. The quantitative estimate of drug-likeness (QED) is 0.129. The monoisotopic (exact) mass is 620 g/mol. The summed E-state index contributed by atoms with van der Waals surface area (Å²) in [7, 11) is -8.07. The van der Waals surface area contributed by atoms with Crippen LogP contribution in [0.25, 0.3) is 0 Å². The molecule has 2 fully saturated rings. The van der Waals surface area contributed by atoms with Gasteiger partial charge in [0, 0.05) is 13.1 Å². The molecule has 0 aliphatic carbocycles. The van der Waals surface area contributed by atoms with E-state index in [4.69, 9.17) is 14.2 Å². The fraction of sp³-hybridized carbons (Fsp3) is 0.500. The van der Waals surface area contributed by atoms with Gasteiger partial charge >= 0.3 is 0 Å². The van der Waals surface area contributed by atoms with Crippen LogP contribution in [0.3, 0.4) is 0 Å². The normalized spacial score (nSPS) is 34.8. The highest BCUT2D eigenvalue weighted by Gasteiger charge is 2.50. The Balaban J connectivity index is 1.42. The van der Waals surface area contributed by atoms with Crippen molar-refractivity contribution < 1.29 is 61.7 Å². The molecule has 2 aromatic rings. The van der Waals surface area contributed by atoms with Crippen molar-refractivity contribution in [2.75, 3.05) is 13.1 Å². The summed E-state index contributed by atoms with van der Waals surface area (Å²) in [6, 6.07) is 14.6. The van der Waals surface area contributed by atoms with Crippen molar-refractivity contribution in [3.63, 3.8) is 0 Å². The lowest BCUT2D eigenvalue weighted by molar-refractivity contribution is -0.372. The maximum atomic E-state index is 12.5. The zero-order chi connectivity index (χ0) is 29.9. The van der Waals surface area contributed by atoms with Crippen LogP contribution in [-0.4, -0.2) is 122 Å². The second-order valence-corrected chi connectivity index (χ2v) is 13.0. The van der Waals surface area contributed by atoms with Gasteiger partial charge in [-0.05, 0) is 24.3 Å². The number of nitrogens with one attached hydrogen (secondary N) is 2. The van der Waals surface area contributed by atoms with Gasteiger partial charge in [-0.15, -0.1) is 0 Å². The molecule has 2 saturated heterocycles. The first-order valence-electron chi connectivity index (χ1n) is 12.5. The minimum absolute atomic E-state index is 0.0705. The molecule has 228 valence electrons. The lowest BCUT2D eigenvalue weighted by Gasteiger charge is -2.45.